The van der Waals surface area contributed by atoms with Gasteiger partial charge in [0, 0.05) is 31.3 Å². The van der Waals surface area contributed by atoms with Gasteiger partial charge in [0.2, 0.25) is 11.8 Å². The molecule has 2 amide bonds. The Morgan fingerprint density at radius 2 is 1.93 bits per heavy atom. The van der Waals surface area contributed by atoms with Gasteiger partial charge in [-0.25, -0.2) is 0 Å². The van der Waals surface area contributed by atoms with Crippen LogP contribution in [0.1, 0.15) is 19.3 Å². The van der Waals surface area contributed by atoms with E-state index in [0.717, 1.165) is 6.42 Å². The van der Waals surface area contributed by atoms with Crippen LogP contribution in [0.3, 0.4) is 0 Å². The van der Waals surface area contributed by atoms with Crippen molar-refractivity contribution in [2.45, 2.75) is 25.3 Å². The number of amides is 2. The summed E-state index contributed by atoms with van der Waals surface area (Å²) in [6, 6.07) is 12.8. The second-order valence-electron chi connectivity index (χ2n) is 6.91. The largest absolute Gasteiger partial charge is 0.497 e. The third-order valence-corrected chi connectivity index (χ3v) is 4.99. The average Bonchev–Trinajstić information content (AvgIpc) is 3.25. The van der Waals surface area contributed by atoms with Crippen LogP contribution < -0.4 is 15.4 Å². The summed E-state index contributed by atoms with van der Waals surface area (Å²) in [6.07, 6.45) is 1.49. The third kappa shape index (κ3) is 5.05. The van der Waals surface area contributed by atoms with Gasteiger partial charge < -0.3 is 20.3 Å². The molecule has 9 heteroatoms. The van der Waals surface area contributed by atoms with Crippen LogP contribution in [0, 0.1) is 10.1 Å². The van der Waals surface area contributed by atoms with Gasteiger partial charge in [-0.15, -0.1) is 0 Å². The van der Waals surface area contributed by atoms with Crippen molar-refractivity contribution in [1.82, 2.24) is 4.90 Å². The molecule has 0 aromatic heterocycles. The third-order valence-electron chi connectivity index (χ3n) is 4.99. The molecule has 1 unspecified atom stereocenters. The van der Waals surface area contributed by atoms with Crippen molar-refractivity contribution < 1.29 is 19.2 Å². The highest BCUT2D eigenvalue weighted by Crippen LogP contribution is 2.24. The summed E-state index contributed by atoms with van der Waals surface area (Å²) in [6.45, 7) is 0.762. The Bertz CT molecular complexity index is 916. The second kappa shape index (κ2) is 9.73. The number of ether oxygens (including phenoxy) is 1. The van der Waals surface area contributed by atoms with Crippen molar-refractivity contribution >= 4 is 28.9 Å². The standard InChI is InChI=1S/C21H24N4O5/c1-30-16-10-8-15(9-11-16)23-21(27)19-7-4-14-24(19)20(26)12-13-22-17-5-2-3-6-18(17)25(28)29/h2-3,5-6,8-11,19,22H,4,7,12-14H2,1H3,(H,23,27). The Morgan fingerprint density at radius 3 is 2.63 bits per heavy atom. The zero-order chi connectivity index (χ0) is 21.5. The number of rotatable bonds is 8. The fourth-order valence-corrected chi connectivity index (χ4v) is 3.47. The monoisotopic (exact) mass is 412 g/mol. The first kappa shape index (κ1) is 21.1. The van der Waals surface area contributed by atoms with E-state index in [2.05, 4.69) is 10.6 Å². The van der Waals surface area contributed by atoms with Crippen molar-refractivity contribution in [1.29, 1.82) is 0 Å². The number of nitro groups is 1. The van der Waals surface area contributed by atoms with E-state index in [9.17, 15) is 19.7 Å². The highest BCUT2D eigenvalue weighted by Gasteiger charge is 2.33. The van der Waals surface area contributed by atoms with Crippen LogP contribution in [0.2, 0.25) is 0 Å². The number of hydrogen-bond acceptors (Lipinski definition) is 6. The predicted molar refractivity (Wildman–Crippen MR) is 113 cm³/mol. The number of carbonyl (C=O) groups excluding carboxylic acids is 2. The number of methoxy groups -OCH3 is 1. The minimum absolute atomic E-state index is 0.0390. The minimum atomic E-state index is -0.523. The van der Waals surface area contributed by atoms with Crippen molar-refractivity contribution in [2.24, 2.45) is 0 Å². The van der Waals surface area contributed by atoms with Gasteiger partial charge in [0.05, 0.1) is 12.0 Å². The smallest absolute Gasteiger partial charge is 0.292 e. The molecule has 0 bridgehead atoms. The molecule has 3 rings (SSSR count). The van der Waals surface area contributed by atoms with E-state index in [1.165, 1.54) is 6.07 Å². The van der Waals surface area contributed by atoms with Crippen LogP contribution >= 0.6 is 0 Å². The molecule has 0 spiro atoms. The molecule has 158 valence electrons. The molecule has 2 aromatic rings. The summed E-state index contributed by atoms with van der Waals surface area (Å²) >= 11 is 0. The summed E-state index contributed by atoms with van der Waals surface area (Å²) < 4.78 is 5.10. The van der Waals surface area contributed by atoms with Gasteiger partial charge in [-0.2, -0.15) is 0 Å². The average molecular weight is 412 g/mol. The van der Waals surface area contributed by atoms with Crippen LogP contribution in [0.15, 0.2) is 48.5 Å². The molecule has 1 atom stereocenters. The van der Waals surface area contributed by atoms with Crippen LogP contribution in [0.4, 0.5) is 17.1 Å². The quantitative estimate of drug-likeness (QED) is 0.509. The van der Waals surface area contributed by atoms with Gasteiger partial charge in [-0.1, -0.05) is 12.1 Å². The van der Waals surface area contributed by atoms with Crippen molar-refractivity contribution in [2.75, 3.05) is 30.8 Å². The first-order valence-corrected chi connectivity index (χ1v) is 9.71. The number of carbonyl (C=O) groups is 2. The summed E-state index contributed by atoms with van der Waals surface area (Å²) in [7, 11) is 1.57. The van der Waals surface area contributed by atoms with E-state index >= 15 is 0 Å². The first-order chi connectivity index (χ1) is 14.5. The minimum Gasteiger partial charge on any atom is -0.497 e. The summed E-state index contributed by atoms with van der Waals surface area (Å²) in [4.78, 5) is 37.5. The Labute approximate surface area is 174 Å². The maximum absolute atomic E-state index is 12.7. The number of nitrogens with one attached hydrogen (secondary N) is 2. The first-order valence-electron chi connectivity index (χ1n) is 9.71. The van der Waals surface area contributed by atoms with E-state index in [1.807, 2.05) is 0 Å². The highest BCUT2D eigenvalue weighted by molar-refractivity contribution is 5.97. The molecule has 1 heterocycles. The van der Waals surface area contributed by atoms with Gasteiger partial charge in [0.15, 0.2) is 0 Å². The normalized spacial score (nSPS) is 15.5. The maximum Gasteiger partial charge on any atom is 0.292 e. The molecule has 30 heavy (non-hydrogen) atoms. The molecule has 9 nitrogen and oxygen atoms in total. The molecular weight excluding hydrogens is 388 g/mol. The van der Waals surface area contributed by atoms with Crippen LogP contribution in [-0.4, -0.2) is 47.9 Å². The number of hydrogen-bond donors (Lipinski definition) is 2. The van der Waals surface area contributed by atoms with Gasteiger partial charge in [-0.3, -0.25) is 19.7 Å². The Morgan fingerprint density at radius 1 is 1.20 bits per heavy atom. The fourth-order valence-electron chi connectivity index (χ4n) is 3.47. The van der Waals surface area contributed by atoms with Crippen LogP contribution in [-0.2, 0) is 9.59 Å². The lowest BCUT2D eigenvalue weighted by Crippen LogP contribution is -2.43. The van der Waals surface area contributed by atoms with Crippen LogP contribution in [0.25, 0.3) is 0 Å². The van der Waals surface area contributed by atoms with Gasteiger partial charge in [0.25, 0.3) is 5.69 Å². The lowest BCUT2D eigenvalue weighted by Gasteiger charge is -2.24. The molecule has 1 saturated heterocycles. The fraction of sp³-hybridized carbons (Fsp3) is 0.333. The molecule has 0 saturated carbocycles. The Hall–Kier alpha value is -3.62. The van der Waals surface area contributed by atoms with E-state index < -0.39 is 11.0 Å². The molecule has 0 radical (unpaired) electrons. The molecule has 1 fully saturated rings. The molecule has 0 aliphatic carbocycles. The van der Waals surface area contributed by atoms with Gasteiger partial charge in [0.1, 0.15) is 17.5 Å². The summed E-state index contributed by atoms with van der Waals surface area (Å²) in [5, 5.41) is 16.9. The van der Waals surface area contributed by atoms with E-state index in [-0.39, 0.29) is 30.5 Å². The van der Waals surface area contributed by atoms with Crippen molar-refractivity contribution in [3.63, 3.8) is 0 Å². The Kier molecular flexibility index (Phi) is 6.84. The number of nitrogens with zero attached hydrogens (tertiary/aromatic N) is 2. The number of para-hydroxylation sites is 2. The van der Waals surface area contributed by atoms with E-state index in [0.29, 0.717) is 30.1 Å². The molecule has 1 aliphatic heterocycles. The van der Waals surface area contributed by atoms with Crippen molar-refractivity contribution in [3.05, 3.63) is 58.6 Å². The highest BCUT2D eigenvalue weighted by atomic mass is 16.6. The number of likely N-dealkylation sites (tertiary alicyclic amines) is 1. The number of nitro benzene ring substituents is 1. The van der Waals surface area contributed by atoms with Crippen LogP contribution in [0.5, 0.6) is 5.75 Å². The predicted octanol–water partition coefficient (Wildman–Crippen LogP) is 3.04. The maximum atomic E-state index is 12.7. The number of anilines is 2. The SMILES string of the molecule is COc1ccc(NC(=O)C2CCCN2C(=O)CCNc2ccccc2[N+](=O)[O-])cc1. The summed E-state index contributed by atoms with van der Waals surface area (Å²) in [5.41, 5.74) is 0.964. The molecule has 2 aromatic carbocycles. The Balaban J connectivity index is 1.55. The van der Waals surface area contributed by atoms with Gasteiger partial charge in [-0.05, 0) is 43.2 Å². The topological polar surface area (TPSA) is 114 Å². The molecule has 1 aliphatic rings. The van der Waals surface area contributed by atoms with Crippen molar-refractivity contribution in [3.8, 4) is 5.75 Å². The number of benzene rings is 2. The molecule has 2 N–H and O–H groups in total. The molecular formula is C21H24N4O5. The second-order valence-corrected chi connectivity index (χ2v) is 6.91. The van der Waals surface area contributed by atoms with E-state index in [1.54, 1.807) is 54.5 Å². The zero-order valence-electron chi connectivity index (χ0n) is 16.7. The lowest BCUT2D eigenvalue weighted by atomic mass is 10.2. The van der Waals surface area contributed by atoms with Gasteiger partial charge >= 0.3 is 0 Å². The van der Waals surface area contributed by atoms with E-state index in [4.69, 9.17) is 4.74 Å². The lowest BCUT2D eigenvalue weighted by molar-refractivity contribution is -0.384. The summed E-state index contributed by atoms with van der Waals surface area (Å²) in [5.74, 6) is 0.308. The zero-order valence-corrected chi connectivity index (χ0v) is 16.7.